The summed E-state index contributed by atoms with van der Waals surface area (Å²) < 4.78 is 16.5. The maximum Gasteiger partial charge on any atom is 0.225 e. The van der Waals surface area contributed by atoms with Gasteiger partial charge in [-0.2, -0.15) is 11.8 Å². The minimum absolute atomic E-state index is 0.0624. The number of amides is 1. The minimum Gasteiger partial charge on any atom is -0.326 e. The Balaban J connectivity index is 1.52. The standard InChI is InChI=1S/C19H24FN5OS/c20-16-6-5-13(22-18(26)11-14-12-27-9-7-21-14)10-15(16)19-24-23-17-4-2-1-3-8-25(17)19/h5-6,10,14,21H,1-4,7-9,11-12H2,(H,22,26). The summed E-state index contributed by atoms with van der Waals surface area (Å²) in [5, 5.41) is 14.7. The fraction of sp³-hybridized carbons (Fsp3) is 0.526. The second-order valence-corrected chi connectivity index (χ2v) is 8.22. The van der Waals surface area contributed by atoms with Crippen LogP contribution in [0.15, 0.2) is 18.2 Å². The number of aromatic nitrogens is 3. The molecular weight excluding hydrogens is 365 g/mol. The number of rotatable bonds is 4. The molecule has 27 heavy (non-hydrogen) atoms. The molecule has 144 valence electrons. The molecule has 0 radical (unpaired) electrons. The summed E-state index contributed by atoms with van der Waals surface area (Å²) in [6.07, 6.45) is 4.57. The number of aryl methyl sites for hydroxylation is 1. The number of nitrogens with one attached hydrogen (secondary N) is 2. The molecule has 1 aromatic heterocycles. The third-order valence-electron chi connectivity index (χ3n) is 5.03. The topological polar surface area (TPSA) is 71.8 Å². The van der Waals surface area contributed by atoms with E-state index in [1.807, 2.05) is 16.3 Å². The van der Waals surface area contributed by atoms with Gasteiger partial charge in [0.25, 0.3) is 0 Å². The van der Waals surface area contributed by atoms with E-state index in [2.05, 4.69) is 20.8 Å². The Bertz CT molecular complexity index is 818. The van der Waals surface area contributed by atoms with Crippen molar-refractivity contribution in [1.82, 2.24) is 20.1 Å². The maximum absolute atomic E-state index is 14.5. The van der Waals surface area contributed by atoms with Gasteiger partial charge in [-0.1, -0.05) is 6.42 Å². The first-order chi connectivity index (χ1) is 13.2. The zero-order valence-corrected chi connectivity index (χ0v) is 16.0. The minimum atomic E-state index is -0.349. The molecule has 2 aromatic rings. The Morgan fingerprint density at radius 1 is 1.33 bits per heavy atom. The first-order valence-electron chi connectivity index (χ1n) is 9.53. The van der Waals surface area contributed by atoms with Crippen LogP contribution in [0, 0.1) is 5.82 Å². The van der Waals surface area contributed by atoms with Crippen LogP contribution in [-0.2, 0) is 17.8 Å². The number of carbonyl (C=O) groups excluding carboxylic acids is 1. The average Bonchev–Trinajstić information content (AvgIpc) is 2.92. The van der Waals surface area contributed by atoms with Gasteiger partial charge in [-0.05, 0) is 31.0 Å². The number of carbonyl (C=O) groups is 1. The summed E-state index contributed by atoms with van der Waals surface area (Å²) in [5.41, 5.74) is 0.977. The van der Waals surface area contributed by atoms with Crippen molar-refractivity contribution in [2.45, 2.75) is 44.7 Å². The molecule has 1 aromatic carbocycles. The van der Waals surface area contributed by atoms with Crippen LogP contribution in [0.3, 0.4) is 0 Å². The fourth-order valence-corrected chi connectivity index (χ4v) is 4.59. The summed E-state index contributed by atoms with van der Waals surface area (Å²) in [4.78, 5) is 12.4. The predicted molar refractivity (Wildman–Crippen MR) is 105 cm³/mol. The molecule has 0 aliphatic carbocycles. The van der Waals surface area contributed by atoms with E-state index in [0.717, 1.165) is 56.1 Å². The smallest absolute Gasteiger partial charge is 0.225 e. The quantitative estimate of drug-likeness (QED) is 0.841. The molecule has 1 fully saturated rings. The van der Waals surface area contributed by atoms with Crippen molar-refractivity contribution in [2.75, 3.05) is 23.4 Å². The summed E-state index contributed by atoms with van der Waals surface area (Å²) in [6, 6.07) is 4.84. The van der Waals surface area contributed by atoms with Crippen LogP contribution >= 0.6 is 11.8 Å². The molecule has 4 rings (SSSR count). The van der Waals surface area contributed by atoms with E-state index in [9.17, 15) is 9.18 Å². The third-order valence-corrected chi connectivity index (χ3v) is 6.16. The summed E-state index contributed by atoms with van der Waals surface area (Å²) in [5.74, 6) is 3.07. The molecule has 0 saturated carbocycles. The number of hydrogen-bond acceptors (Lipinski definition) is 5. The van der Waals surface area contributed by atoms with Crippen molar-refractivity contribution in [1.29, 1.82) is 0 Å². The van der Waals surface area contributed by atoms with Crippen LogP contribution in [0.1, 0.15) is 31.5 Å². The van der Waals surface area contributed by atoms with Gasteiger partial charge in [-0.15, -0.1) is 10.2 Å². The molecular formula is C19H24FN5OS. The SMILES string of the molecule is O=C(CC1CSCCN1)Nc1ccc(F)c(-c2nnc3n2CCCCC3)c1. The molecule has 1 unspecified atom stereocenters. The molecule has 0 spiro atoms. The highest BCUT2D eigenvalue weighted by Gasteiger charge is 2.20. The largest absolute Gasteiger partial charge is 0.326 e. The van der Waals surface area contributed by atoms with Gasteiger partial charge in [-0.3, -0.25) is 4.79 Å². The van der Waals surface area contributed by atoms with Gasteiger partial charge >= 0.3 is 0 Å². The van der Waals surface area contributed by atoms with E-state index in [1.165, 1.54) is 6.07 Å². The molecule has 6 nitrogen and oxygen atoms in total. The molecule has 2 N–H and O–H groups in total. The first-order valence-corrected chi connectivity index (χ1v) is 10.7. The van der Waals surface area contributed by atoms with Gasteiger partial charge < -0.3 is 15.2 Å². The summed E-state index contributed by atoms with van der Waals surface area (Å²) in [7, 11) is 0. The maximum atomic E-state index is 14.5. The van der Waals surface area contributed by atoms with Gasteiger partial charge in [0.2, 0.25) is 5.91 Å². The molecule has 8 heteroatoms. The first kappa shape index (κ1) is 18.4. The van der Waals surface area contributed by atoms with Gasteiger partial charge in [0.05, 0.1) is 5.56 Å². The number of thioether (sulfide) groups is 1. The average molecular weight is 390 g/mol. The van der Waals surface area contributed by atoms with Crippen molar-refractivity contribution in [3.05, 3.63) is 29.8 Å². The predicted octanol–water partition coefficient (Wildman–Crippen LogP) is 2.84. The van der Waals surface area contributed by atoms with Crippen LogP contribution in [0.4, 0.5) is 10.1 Å². The van der Waals surface area contributed by atoms with Gasteiger partial charge in [0.1, 0.15) is 11.6 Å². The van der Waals surface area contributed by atoms with E-state index in [1.54, 1.807) is 12.1 Å². The molecule has 1 saturated heterocycles. The summed E-state index contributed by atoms with van der Waals surface area (Å²) >= 11 is 1.86. The number of hydrogen-bond donors (Lipinski definition) is 2. The Kier molecular flexibility index (Phi) is 5.73. The van der Waals surface area contributed by atoms with Crippen molar-refractivity contribution >= 4 is 23.4 Å². The van der Waals surface area contributed by atoms with Crippen LogP contribution in [0.5, 0.6) is 0 Å². The lowest BCUT2D eigenvalue weighted by molar-refractivity contribution is -0.116. The highest BCUT2D eigenvalue weighted by molar-refractivity contribution is 7.99. The van der Waals surface area contributed by atoms with Crippen LogP contribution in [-0.4, -0.2) is 44.8 Å². The normalized spacial score (nSPS) is 20.0. The highest BCUT2D eigenvalue weighted by atomic mass is 32.2. The molecule has 1 amide bonds. The van der Waals surface area contributed by atoms with Crippen molar-refractivity contribution in [3.8, 4) is 11.4 Å². The number of fused-ring (bicyclic) bond motifs is 1. The number of anilines is 1. The van der Waals surface area contributed by atoms with Gasteiger partial charge in [-0.25, -0.2) is 4.39 Å². The molecule has 2 aliphatic heterocycles. The van der Waals surface area contributed by atoms with E-state index >= 15 is 0 Å². The van der Waals surface area contributed by atoms with E-state index in [0.29, 0.717) is 23.5 Å². The lowest BCUT2D eigenvalue weighted by Crippen LogP contribution is -2.39. The van der Waals surface area contributed by atoms with E-state index < -0.39 is 0 Å². The highest BCUT2D eigenvalue weighted by Crippen LogP contribution is 2.27. The van der Waals surface area contributed by atoms with Crippen LogP contribution in [0.25, 0.3) is 11.4 Å². The zero-order valence-electron chi connectivity index (χ0n) is 15.2. The Morgan fingerprint density at radius 3 is 3.11 bits per heavy atom. The molecule has 3 heterocycles. The molecule has 1 atom stereocenters. The third kappa shape index (κ3) is 4.32. The monoisotopic (exact) mass is 389 g/mol. The lowest BCUT2D eigenvalue weighted by Gasteiger charge is -2.22. The van der Waals surface area contributed by atoms with Crippen molar-refractivity contribution < 1.29 is 9.18 Å². The molecule has 0 bridgehead atoms. The number of nitrogens with zero attached hydrogens (tertiary/aromatic N) is 3. The van der Waals surface area contributed by atoms with Crippen molar-refractivity contribution in [3.63, 3.8) is 0 Å². The molecule has 2 aliphatic rings. The second-order valence-electron chi connectivity index (χ2n) is 7.08. The Hall–Kier alpha value is -1.93. The number of halogens is 1. The van der Waals surface area contributed by atoms with Crippen LogP contribution < -0.4 is 10.6 Å². The van der Waals surface area contributed by atoms with Gasteiger partial charge in [0.15, 0.2) is 5.82 Å². The zero-order chi connectivity index (χ0) is 18.6. The van der Waals surface area contributed by atoms with Crippen molar-refractivity contribution in [2.24, 2.45) is 0 Å². The fourth-order valence-electron chi connectivity index (χ4n) is 3.65. The van der Waals surface area contributed by atoms with Gasteiger partial charge in [0, 0.05) is 49.2 Å². The Morgan fingerprint density at radius 2 is 2.26 bits per heavy atom. The number of benzene rings is 1. The Labute approximate surface area is 162 Å². The summed E-state index contributed by atoms with van der Waals surface area (Å²) in [6.45, 7) is 1.74. The van der Waals surface area contributed by atoms with E-state index in [-0.39, 0.29) is 17.8 Å². The van der Waals surface area contributed by atoms with Crippen LogP contribution in [0.2, 0.25) is 0 Å². The lowest BCUT2D eigenvalue weighted by atomic mass is 10.1. The second kappa shape index (κ2) is 8.39. The van der Waals surface area contributed by atoms with E-state index in [4.69, 9.17) is 0 Å².